The van der Waals surface area contributed by atoms with Gasteiger partial charge in [0.15, 0.2) is 0 Å². The predicted molar refractivity (Wildman–Crippen MR) is 87.7 cm³/mol. The van der Waals surface area contributed by atoms with Crippen LogP contribution in [-0.4, -0.2) is 0 Å². The lowest BCUT2D eigenvalue weighted by atomic mass is 10.1. The van der Waals surface area contributed by atoms with Crippen molar-refractivity contribution in [2.24, 2.45) is 0 Å². The van der Waals surface area contributed by atoms with Crippen LogP contribution in [0.5, 0.6) is 0 Å². The van der Waals surface area contributed by atoms with E-state index in [2.05, 4.69) is 55.4 Å². The predicted octanol–water partition coefficient (Wildman–Crippen LogP) is 5.76. The van der Waals surface area contributed by atoms with Crippen molar-refractivity contribution < 1.29 is 4.39 Å². The molecule has 0 aromatic heterocycles. The smallest absolute Gasteiger partial charge is 0.139 e. The van der Waals surface area contributed by atoms with Gasteiger partial charge in [0.1, 0.15) is 5.82 Å². The molecule has 2 aromatic carbocycles. The van der Waals surface area contributed by atoms with Gasteiger partial charge in [0.2, 0.25) is 0 Å². The van der Waals surface area contributed by atoms with Crippen LogP contribution in [0.2, 0.25) is 0 Å². The fourth-order valence-corrected chi connectivity index (χ4v) is 3.59. The number of hydrogen-bond donors (Lipinski definition) is 1. The van der Waals surface area contributed by atoms with E-state index in [1.165, 1.54) is 11.1 Å². The highest BCUT2D eigenvalue weighted by Gasteiger charge is 2.23. The van der Waals surface area contributed by atoms with Crippen LogP contribution < -0.4 is 5.32 Å². The monoisotopic (exact) mass is 397 g/mol. The number of anilines is 1. The zero-order valence-corrected chi connectivity index (χ0v) is 14.2. The molecule has 0 radical (unpaired) electrons. The Kier molecular flexibility index (Phi) is 3.87. The molecule has 4 heteroatoms. The second-order valence-corrected chi connectivity index (χ2v) is 6.93. The highest BCUT2D eigenvalue weighted by molar-refractivity contribution is 9.10. The molecule has 0 amide bonds. The quantitative estimate of drug-likeness (QED) is 0.678. The number of halogens is 3. The van der Waals surface area contributed by atoms with Gasteiger partial charge in [-0.15, -0.1) is 0 Å². The van der Waals surface area contributed by atoms with Crippen molar-refractivity contribution in [3.05, 3.63) is 61.8 Å². The minimum atomic E-state index is -0.230. The maximum Gasteiger partial charge on any atom is 0.139 e. The van der Waals surface area contributed by atoms with Gasteiger partial charge in [-0.05, 0) is 76.7 Å². The first-order chi connectivity index (χ1) is 9.54. The Morgan fingerprint density at radius 1 is 1.20 bits per heavy atom. The molecule has 0 saturated heterocycles. The van der Waals surface area contributed by atoms with Crippen molar-refractivity contribution in [3.8, 4) is 0 Å². The first-order valence-corrected chi connectivity index (χ1v) is 8.13. The Bertz CT molecular complexity index is 670. The minimum absolute atomic E-state index is 0.230. The average molecular weight is 399 g/mol. The van der Waals surface area contributed by atoms with Crippen molar-refractivity contribution in [2.45, 2.75) is 25.8 Å². The first-order valence-electron chi connectivity index (χ1n) is 6.55. The molecule has 1 nitrogen and oxygen atoms in total. The van der Waals surface area contributed by atoms with Crippen LogP contribution in [0.3, 0.4) is 0 Å². The molecule has 1 aliphatic rings. The molecule has 0 aliphatic heterocycles. The Labute approximate surface area is 134 Å². The molecule has 3 rings (SSSR count). The van der Waals surface area contributed by atoms with E-state index in [1.54, 1.807) is 6.07 Å². The van der Waals surface area contributed by atoms with E-state index in [0.717, 1.165) is 28.6 Å². The molecule has 1 N–H and O–H groups in total. The molecule has 20 heavy (non-hydrogen) atoms. The molecule has 0 heterocycles. The zero-order valence-electron chi connectivity index (χ0n) is 11.0. The summed E-state index contributed by atoms with van der Waals surface area (Å²) >= 11 is 6.72. The Hall–Kier alpha value is -0.870. The van der Waals surface area contributed by atoms with Crippen LogP contribution in [0, 0.1) is 12.7 Å². The van der Waals surface area contributed by atoms with E-state index in [9.17, 15) is 4.39 Å². The van der Waals surface area contributed by atoms with E-state index >= 15 is 0 Å². The fraction of sp³-hybridized carbons (Fsp3) is 0.250. The van der Waals surface area contributed by atoms with Crippen molar-refractivity contribution >= 4 is 37.5 Å². The number of benzene rings is 2. The van der Waals surface area contributed by atoms with E-state index in [0.29, 0.717) is 4.47 Å². The van der Waals surface area contributed by atoms with Gasteiger partial charge in [0, 0.05) is 10.2 Å². The molecule has 1 atom stereocenters. The number of hydrogen-bond acceptors (Lipinski definition) is 1. The van der Waals surface area contributed by atoms with Gasteiger partial charge in [-0.1, -0.05) is 22.0 Å². The van der Waals surface area contributed by atoms with Crippen molar-refractivity contribution in [2.75, 3.05) is 5.32 Å². The third-order valence-electron chi connectivity index (χ3n) is 3.78. The van der Waals surface area contributed by atoms with E-state index in [4.69, 9.17) is 0 Å². The molecule has 1 unspecified atom stereocenters. The van der Waals surface area contributed by atoms with Gasteiger partial charge in [-0.2, -0.15) is 0 Å². The third kappa shape index (κ3) is 2.63. The number of nitrogens with one attached hydrogen (secondary N) is 1. The van der Waals surface area contributed by atoms with Crippen LogP contribution in [0.1, 0.15) is 29.2 Å². The topological polar surface area (TPSA) is 12.0 Å². The summed E-state index contributed by atoms with van der Waals surface area (Å²) in [7, 11) is 0. The lowest BCUT2D eigenvalue weighted by Gasteiger charge is -2.18. The first kappa shape index (κ1) is 14.1. The van der Waals surface area contributed by atoms with Gasteiger partial charge >= 0.3 is 0 Å². The van der Waals surface area contributed by atoms with Gasteiger partial charge in [0.05, 0.1) is 10.5 Å². The maximum atomic E-state index is 13.7. The van der Waals surface area contributed by atoms with Crippen molar-refractivity contribution in [1.29, 1.82) is 0 Å². The van der Waals surface area contributed by atoms with Gasteiger partial charge in [0.25, 0.3) is 0 Å². The van der Waals surface area contributed by atoms with Crippen LogP contribution in [-0.2, 0) is 6.42 Å². The Morgan fingerprint density at radius 2 is 2.00 bits per heavy atom. The lowest BCUT2D eigenvalue weighted by molar-refractivity contribution is 0.620. The van der Waals surface area contributed by atoms with E-state index in [1.807, 2.05) is 13.0 Å². The van der Waals surface area contributed by atoms with Crippen molar-refractivity contribution in [1.82, 2.24) is 0 Å². The molecule has 2 aromatic rings. The summed E-state index contributed by atoms with van der Waals surface area (Å²) in [6, 6.07) is 10.0. The Morgan fingerprint density at radius 3 is 2.80 bits per heavy atom. The molecule has 104 valence electrons. The standard InChI is InChI=1S/C16H14Br2FN/c1-9-6-13(18)14(19)8-16(9)20-15-5-2-10-7-11(17)3-4-12(10)15/h3-4,6-8,15,20H,2,5H2,1H3. The van der Waals surface area contributed by atoms with Gasteiger partial charge in [-0.3, -0.25) is 0 Å². The van der Waals surface area contributed by atoms with Crippen molar-refractivity contribution in [3.63, 3.8) is 0 Å². The number of rotatable bonds is 2. The largest absolute Gasteiger partial charge is 0.378 e. The highest BCUT2D eigenvalue weighted by Crippen LogP contribution is 2.36. The summed E-state index contributed by atoms with van der Waals surface area (Å²) in [6.07, 6.45) is 2.10. The normalized spacial score (nSPS) is 17.1. The zero-order chi connectivity index (χ0) is 14.3. The lowest BCUT2D eigenvalue weighted by Crippen LogP contribution is -2.08. The summed E-state index contributed by atoms with van der Waals surface area (Å²) in [6.45, 7) is 1.99. The van der Waals surface area contributed by atoms with Crippen LogP contribution in [0.15, 0.2) is 39.3 Å². The third-order valence-corrected chi connectivity index (χ3v) is 4.88. The second-order valence-electron chi connectivity index (χ2n) is 5.16. The van der Waals surface area contributed by atoms with E-state index < -0.39 is 0 Å². The van der Waals surface area contributed by atoms with Crippen LogP contribution in [0.4, 0.5) is 10.1 Å². The number of fused-ring (bicyclic) bond motifs is 1. The summed E-state index contributed by atoms with van der Waals surface area (Å²) in [5, 5.41) is 3.48. The SMILES string of the molecule is Cc1cc(Br)c(F)cc1NC1CCc2cc(Br)ccc21. The van der Waals surface area contributed by atoms with Crippen LogP contribution >= 0.6 is 31.9 Å². The summed E-state index contributed by atoms with van der Waals surface area (Å²) in [5.41, 5.74) is 4.60. The minimum Gasteiger partial charge on any atom is -0.378 e. The molecule has 0 spiro atoms. The molecule has 0 bridgehead atoms. The molecular formula is C16H14Br2FN. The van der Waals surface area contributed by atoms with E-state index in [-0.39, 0.29) is 11.9 Å². The molecular weight excluding hydrogens is 385 g/mol. The second kappa shape index (κ2) is 5.49. The highest BCUT2D eigenvalue weighted by atomic mass is 79.9. The van der Waals surface area contributed by atoms with Gasteiger partial charge < -0.3 is 5.32 Å². The number of aryl methyl sites for hydroxylation is 2. The van der Waals surface area contributed by atoms with Crippen LogP contribution in [0.25, 0.3) is 0 Å². The van der Waals surface area contributed by atoms with Gasteiger partial charge in [-0.25, -0.2) is 4.39 Å². The molecule has 1 aliphatic carbocycles. The summed E-state index contributed by atoms with van der Waals surface area (Å²) in [5.74, 6) is -0.230. The summed E-state index contributed by atoms with van der Waals surface area (Å²) in [4.78, 5) is 0. The Balaban J connectivity index is 1.89. The summed E-state index contributed by atoms with van der Waals surface area (Å²) < 4.78 is 15.3. The fourth-order valence-electron chi connectivity index (χ4n) is 2.73. The molecule has 0 saturated carbocycles. The average Bonchev–Trinajstić information content (AvgIpc) is 2.78. The molecule has 0 fully saturated rings. The maximum absolute atomic E-state index is 13.7.